The number of fused-ring (bicyclic) bond motifs is 2. The lowest BCUT2D eigenvalue weighted by Crippen LogP contribution is -2.39. The molecule has 3 heterocycles. The Bertz CT molecular complexity index is 714. The summed E-state index contributed by atoms with van der Waals surface area (Å²) in [5.41, 5.74) is 3.15. The van der Waals surface area contributed by atoms with Gasteiger partial charge in [0.15, 0.2) is 0 Å². The Labute approximate surface area is 139 Å². The van der Waals surface area contributed by atoms with Crippen LogP contribution >= 0.6 is 23.2 Å². The maximum Gasteiger partial charge on any atom is 0.147 e. The molecule has 0 radical (unpaired) electrons. The third-order valence-corrected chi connectivity index (χ3v) is 5.43. The molecule has 1 N–H and O–H groups in total. The molecule has 1 atom stereocenters. The van der Waals surface area contributed by atoms with Crippen molar-refractivity contribution < 1.29 is 4.74 Å². The summed E-state index contributed by atoms with van der Waals surface area (Å²) < 4.78 is 6.57. The highest BCUT2D eigenvalue weighted by atomic mass is 35.5. The van der Waals surface area contributed by atoms with Gasteiger partial charge in [0, 0.05) is 11.8 Å². The van der Waals surface area contributed by atoms with E-state index in [0.29, 0.717) is 10.2 Å². The van der Waals surface area contributed by atoms with Gasteiger partial charge in [-0.05, 0) is 43.1 Å². The van der Waals surface area contributed by atoms with Gasteiger partial charge in [0.05, 0.1) is 10.6 Å². The topological polar surface area (TPSA) is 34.1 Å². The Morgan fingerprint density at radius 1 is 1.09 bits per heavy atom. The molecule has 4 rings (SSSR count). The molecule has 3 nitrogen and oxygen atoms in total. The number of aromatic nitrogens is 1. The molecular formula is C17H16Cl2N2O. The highest BCUT2D eigenvalue weighted by Gasteiger charge is 2.46. The third kappa shape index (κ3) is 2.16. The minimum Gasteiger partial charge on any atom is -0.357 e. The van der Waals surface area contributed by atoms with Crippen LogP contribution in [0, 0.1) is 0 Å². The highest BCUT2D eigenvalue weighted by molar-refractivity contribution is 6.41. The van der Waals surface area contributed by atoms with Gasteiger partial charge in [0.2, 0.25) is 0 Å². The first-order chi connectivity index (χ1) is 10.7. The monoisotopic (exact) mass is 334 g/mol. The average molecular weight is 335 g/mol. The van der Waals surface area contributed by atoms with Crippen LogP contribution in [-0.2, 0) is 10.3 Å². The smallest absolute Gasteiger partial charge is 0.147 e. The average Bonchev–Trinajstić information content (AvgIpc) is 2.86. The Kier molecular flexibility index (Phi) is 3.61. The van der Waals surface area contributed by atoms with E-state index >= 15 is 0 Å². The zero-order valence-corrected chi connectivity index (χ0v) is 13.5. The van der Waals surface area contributed by atoms with Gasteiger partial charge in [0.25, 0.3) is 0 Å². The fourth-order valence-electron chi connectivity index (χ4n) is 3.58. The molecule has 5 heteroatoms. The van der Waals surface area contributed by atoms with Gasteiger partial charge in [-0.2, -0.15) is 0 Å². The number of benzene rings is 1. The molecule has 1 aromatic carbocycles. The summed E-state index contributed by atoms with van der Waals surface area (Å²) in [4.78, 5) is 4.04. The van der Waals surface area contributed by atoms with Gasteiger partial charge in [-0.15, -0.1) is 0 Å². The summed E-state index contributed by atoms with van der Waals surface area (Å²) in [7, 11) is 0. The van der Waals surface area contributed by atoms with Crippen LogP contribution in [0.2, 0.25) is 10.2 Å². The molecule has 0 bridgehead atoms. The molecule has 0 unspecified atom stereocenters. The lowest BCUT2D eigenvalue weighted by Gasteiger charge is -2.35. The molecule has 2 aliphatic heterocycles. The number of ether oxygens (including phenoxy) is 1. The molecule has 2 aromatic rings. The molecule has 1 fully saturated rings. The SMILES string of the molecule is Clc1nccc([C@@H]2OC3(CCNCC3)c3ccccc32)c1Cl. The Hall–Kier alpha value is -1.13. The summed E-state index contributed by atoms with van der Waals surface area (Å²) in [5.74, 6) is 0. The molecule has 1 saturated heterocycles. The first-order valence-corrected chi connectivity index (χ1v) is 8.25. The number of pyridine rings is 1. The van der Waals surface area contributed by atoms with Crippen molar-refractivity contribution in [3.05, 3.63) is 63.4 Å². The van der Waals surface area contributed by atoms with Crippen molar-refractivity contribution in [2.45, 2.75) is 24.5 Å². The highest BCUT2D eigenvalue weighted by Crippen LogP contribution is 2.51. The van der Waals surface area contributed by atoms with E-state index in [0.717, 1.165) is 31.5 Å². The van der Waals surface area contributed by atoms with Crippen LogP contribution in [0.15, 0.2) is 36.5 Å². The lowest BCUT2D eigenvalue weighted by atomic mass is 9.84. The maximum absolute atomic E-state index is 6.57. The van der Waals surface area contributed by atoms with Crippen LogP contribution in [0.1, 0.15) is 35.6 Å². The first kappa shape index (κ1) is 14.5. The third-order valence-electron chi connectivity index (χ3n) is 4.65. The van der Waals surface area contributed by atoms with Crippen molar-refractivity contribution >= 4 is 23.2 Å². The summed E-state index contributed by atoms with van der Waals surface area (Å²) in [6.07, 6.45) is 3.44. The quantitative estimate of drug-likeness (QED) is 0.797. The number of hydrogen-bond donors (Lipinski definition) is 1. The van der Waals surface area contributed by atoms with Crippen molar-refractivity contribution in [3.63, 3.8) is 0 Å². The van der Waals surface area contributed by atoms with Crippen LogP contribution < -0.4 is 5.32 Å². The summed E-state index contributed by atoms with van der Waals surface area (Å²) in [6.45, 7) is 1.93. The summed E-state index contributed by atoms with van der Waals surface area (Å²) in [5, 5.41) is 4.21. The Morgan fingerprint density at radius 3 is 2.68 bits per heavy atom. The second kappa shape index (κ2) is 5.50. The minimum atomic E-state index is -0.217. The van der Waals surface area contributed by atoms with E-state index in [-0.39, 0.29) is 11.7 Å². The van der Waals surface area contributed by atoms with E-state index in [9.17, 15) is 0 Å². The zero-order valence-electron chi connectivity index (χ0n) is 12.0. The number of nitrogens with one attached hydrogen (secondary N) is 1. The molecule has 1 aromatic heterocycles. The van der Waals surface area contributed by atoms with Crippen LogP contribution in [0.25, 0.3) is 0 Å². The van der Waals surface area contributed by atoms with E-state index in [1.807, 2.05) is 12.1 Å². The normalized spacial score (nSPS) is 22.7. The zero-order chi connectivity index (χ0) is 15.2. The van der Waals surface area contributed by atoms with Gasteiger partial charge < -0.3 is 10.1 Å². The standard InChI is InChI=1S/C17H16Cl2N2O/c18-14-12(5-8-21-16(14)19)15-11-3-1-2-4-13(11)17(22-15)6-9-20-10-7-17/h1-5,8,15,20H,6-7,9-10H2/t15-/m1/s1. The molecule has 1 spiro atoms. The fraction of sp³-hybridized carbons (Fsp3) is 0.353. The van der Waals surface area contributed by atoms with Crippen molar-refractivity contribution in [2.24, 2.45) is 0 Å². The molecule has 2 aliphatic rings. The minimum absolute atomic E-state index is 0.178. The van der Waals surface area contributed by atoms with Gasteiger partial charge in [-0.3, -0.25) is 0 Å². The Balaban J connectivity index is 1.84. The summed E-state index contributed by atoms with van der Waals surface area (Å²) in [6, 6.07) is 10.3. The van der Waals surface area contributed by atoms with E-state index in [2.05, 4.69) is 28.5 Å². The largest absolute Gasteiger partial charge is 0.357 e. The van der Waals surface area contributed by atoms with Crippen LogP contribution in [0.3, 0.4) is 0 Å². The van der Waals surface area contributed by atoms with E-state index < -0.39 is 0 Å². The molecule has 0 amide bonds. The number of rotatable bonds is 1. The van der Waals surface area contributed by atoms with Crippen molar-refractivity contribution in [1.82, 2.24) is 10.3 Å². The van der Waals surface area contributed by atoms with Gasteiger partial charge in [-0.1, -0.05) is 47.5 Å². The number of nitrogens with zero attached hydrogens (tertiary/aromatic N) is 1. The van der Waals surface area contributed by atoms with Crippen molar-refractivity contribution in [1.29, 1.82) is 0 Å². The van der Waals surface area contributed by atoms with E-state index in [4.69, 9.17) is 27.9 Å². The lowest BCUT2D eigenvalue weighted by molar-refractivity contribution is -0.0798. The van der Waals surface area contributed by atoms with Crippen LogP contribution in [-0.4, -0.2) is 18.1 Å². The van der Waals surface area contributed by atoms with E-state index in [1.54, 1.807) is 6.20 Å². The molecule has 22 heavy (non-hydrogen) atoms. The number of halogens is 2. The fourth-order valence-corrected chi connectivity index (χ4v) is 3.95. The molecule has 114 valence electrons. The van der Waals surface area contributed by atoms with Crippen molar-refractivity contribution in [2.75, 3.05) is 13.1 Å². The number of piperidine rings is 1. The predicted octanol–water partition coefficient (Wildman–Crippen LogP) is 4.09. The second-order valence-corrected chi connectivity index (χ2v) is 6.57. The van der Waals surface area contributed by atoms with Gasteiger partial charge >= 0.3 is 0 Å². The molecular weight excluding hydrogens is 319 g/mol. The maximum atomic E-state index is 6.57. The van der Waals surface area contributed by atoms with Gasteiger partial charge in [0.1, 0.15) is 11.3 Å². The van der Waals surface area contributed by atoms with Gasteiger partial charge in [-0.25, -0.2) is 4.98 Å². The summed E-state index contributed by atoms with van der Waals surface area (Å²) >= 11 is 12.5. The molecule has 0 aliphatic carbocycles. The predicted molar refractivity (Wildman–Crippen MR) is 87.4 cm³/mol. The molecule has 0 saturated carbocycles. The van der Waals surface area contributed by atoms with E-state index in [1.165, 1.54) is 11.1 Å². The van der Waals surface area contributed by atoms with Crippen LogP contribution in [0.4, 0.5) is 0 Å². The number of hydrogen-bond acceptors (Lipinski definition) is 3. The van der Waals surface area contributed by atoms with Crippen LogP contribution in [0.5, 0.6) is 0 Å². The van der Waals surface area contributed by atoms with Crippen molar-refractivity contribution in [3.8, 4) is 0 Å². The Morgan fingerprint density at radius 2 is 1.86 bits per heavy atom. The first-order valence-electron chi connectivity index (χ1n) is 7.49. The second-order valence-electron chi connectivity index (χ2n) is 5.83.